The van der Waals surface area contributed by atoms with Crippen molar-refractivity contribution < 1.29 is 17.6 Å². The van der Waals surface area contributed by atoms with Crippen LogP contribution in [0.1, 0.15) is 21.7 Å². The summed E-state index contributed by atoms with van der Waals surface area (Å²) >= 11 is 0. The van der Waals surface area contributed by atoms with Crippen LogP contribution < -0.4 is 5.32 Å². The molecule has 2 heterocycles. The number of aryl methyl sites for hydroxylation is 1. The number of rotatable bonds is 4. The van der Waals surface area contributed by atoms with E-state index in [4.69, 9.17) is 9.68 Å². The van der Waals surface area contributed by atoms with Crippen molar-refractivity contribution >= 4 is 32.5 Å². The Morgan fingerprint density at radius 3 is 2.61 bits per heavy atom. The molecule has 9 heteroatoms. The molecule has 0 saturated heterocycles. The molecule has 154 valence electrons. The van der Waals surface area contributed by atoms with Crippen molar-refractivity contribution in [2.75, 3.05) is 11.6 Å². The van der Waals surface area contributed by atoms with Crippen LogP contribution in [-0.4, -0.2) is 30.5 Å². The Kier molecular flexibility index (Phi) is 5.01. The van der Waals surface area contributed by atoms with Crippen molar-refractivity contribution in [3.05, 3.63) is 71.5 Å². The molecule has 8 nitrogen and oxygen atoms in total. The first-order valence-electron chi connectivity index (χ1n) is 9.15. The van der Waals surface area contributed by atoms with Gasteiger partial charge in [0, 0.05) is 17.5 Å². The Morgan fingerprint density at radius 2 is 1.90 bits per heavy atom. The smallest absolute Gasteiger partial charge is 0.275 e. The Hall–Kier alpha value is -4.03. The molecule has 2 aromatic carbocycles. The molecule has 0 aliphatic rings. The fraction of sp³-hybridized carbons (Fsp3) is 0.0909. The number of sulfone groups is 1. The molecule has 0 spiro atoms. The zero-order chi connectivity index (χ0) is 22.2. The number of benzene rings is 2. The second kappa shape index (κ2) is 7.66. The van der Waals surface area contributed by atoms with E-state index in [9.17, 15) is 13.2 Å². The van der Waals surface area contributed by atoms with Gasteiger partial charge >= 0.3 is 0 Å². The maximum atomic E-state index is 12.8. The molecule has 4 aromatic rings. The van der Waals surface area contributed by atoms with E-state index >= 15 is 0 Å². The van der Waals surface area contributed by atoms with E-state index in [1.54, 1.807) is 24.3 Å². The molecular weight excluding hydrogens is 416 g/mol. The number of oxazole rings is 1. The summed E-state index contributed by atoms with van der Waals surface area (Å²) in [6.45, 7) is 1.97. The van der Waals surface area contributed by atoms with E-state index in [1.165, 1.54) is 12.1 Å². The van der Waals surface area contributed by atoms with Crippen LogP contribution in [0.4, 0.5) is 5.69 Å². The number of fused-ring (bicyclic) bond motifs is 1. The van der Waals surface area contributed by atoms with E-state index in [2.05, 4.69) is 15.3 Å². The highest BCUT2D eigenvalue weighted by Crippen LogP contribution is 2.27. The lowest BCUT2D eigenvalue weighted by molar-refractivity contribution is 0.101. The number of aromatic nitrogens is 2. The summed E-state index contributed by atoms with van der Waals surface area (Å²) in [5, 5.41) is 11.7. The number of nitrogens with one attached hydrogen (secondary N) is 1. The van der Waals surface area contributed by atoms with Gasteiger partial charge in [-0.05, 0) is 49.4 Å². The summed E-state index contributed by atoms with van der Waals surface area (Å²) in [6.07, 6.45) is 0.973. The van der Waals surface area contributed by atoms with Crippen LogP contribution in [0.5, 0.6) is 0 Å². The first kappa shape index (κ1) is 20.3. The third-order valence-corrected chi connectivity index (χ3v) is 5.63. The van der Waals surface area contributed by atoms with Crippen molar-refractivity contribution in [2.24, 2.45) is 0 Å². The lowest BCUT2D eigenvalue weighted by Gasteiger charge is -2.08. The number of nitrogens with zero attached hydrogens (tertiary/aromatic N) is 3. The fourth-order valence-corrected chi connectivity index (χ4v) is 3.87. The Morgan fingerprint density at radius 1 is 1.10 bits per heavy atom. The third kappa shape index (κ3) is 4.15. The topological polar surface area (TPSA) is 126 Å². The van der Waals surface area contributed by atoms with Gasteiger partial charge in [0.05, 0.1) is 4.90 Å². The average Bonchev–Trinajstić information content (AvgIpc) is 3.16. The number of hydrogen-bond donors (Lipinski definition) is 1. The molecule has 0 aliphatic carbocycles. The van der Waals surface area contributed by atoms with E-state index < -0.39 is 15.7 Å². The monoisotopic (exact) mass is 432 g/mol. The molecule has 0 atom stereocenters. The number of nitriles is 1. The Bertz CT molecular complexity index is 1480. The van der Waals surface area contributed by atoms with Crippen LogP contribution in [0.25, 0.3) is 22.6 Å². The van der Waals surface area contributed by atoms with Gasteiger partial charge in [0.1, 0.15) is 23.0 Å². The van der Waals surface area contributed by atoms with E-state index in [0.29, 0.717) is 22.7 Å². The summed E-state index contributed by atoms with van der Waals surface area (Å²) in [5.74, 6) is -0.302. The van der Waals surface area contributed by atoms with Crippen LogP contribution in [0.3, 0.4) is 0 Å². The first-order chi connectivity index (χ1) is 14.7. The van der Waals surface area contributed by atoms with Crippen molar-refractivity contribution in [2.45, 2.75) is 11.8 Å². The second-order valence-electron chi connectivity index (χ2n) is 6.95. The molecule has 0 unspecified atom stereocenters. The summed E-state index contributed by atoms with van der Waals surface area (Å²) in [6, 6.07) is 16.9. The number of anilines is 1. The number of carbonyl (C=O) groups is 1. The highest BCUT2D eigenvalue weighted by molar-refractivity contribution is 7.90. The maximum Gasteiger partial charge on any atom is 0.275 e. The van der Waals surface area contributed by atoms with Gasteiger partial charge in [-0.3, -0.25) is 4.79 Å². The normalized spacial score (nSPS) is 11.3. The predicted octanol–water partition coefficient (Wildman–Crippen LogP) is 3.73. The van der Waals surface area contributed by atoms with Gasteiger partial charge in [0.25, 0.3) is 5.91 Å². The molecular formula is C22H16N4O4S. The summed E-state index contributed by atoms with van der Waals surface area (Å²) in [7, 11) is -3.72. The van der Waals surface area contributed by atoms with Gasteiger partial charge in [-0.2, -0.15) is 5.26 Å². The van der Waals surface area contributed by atoms with Crippen LogP contribution in [-0.2, 0) is 9.84 Å². The van der Waals surface area contributed by atoms with E-state index in [-0.39, 0.29) is 16.3 Å². The van der Waals surface area contributed by atoms with Gasteiger partial charge < -0.3 is 9.73 Å². The molecule has 0 radical (unpaired) electrons. The van der Waals surface area contributed by atoms with Crippen molar-refractivity contribution in [1.29, 1.82) is 5.26 Å². The van der Waals surface area contributed by atoms with Crippen LogP contribution in [0.2, 0.25) is 0 Å². The summed E-state index contributed by atoms with van der Waals surface area (Å²) in [5.41, 5.74) is 2.94. The molecule has 31 heavy (non-hydrogen) atoms. The number of amides is 1. The van der Waals surface area contributed by atoms with Crippen LogP contribution in [0, 0.1) is 18.3 Å². The van der Waals surface area contributed by atoms with Gasteiger partial charge in [0.15, 0.2) is 15.4 Å². The molecule has 0 fully saturated rings. The molecule has 0 aliphatic heterocycles. The number of pyridine rings is 1. The summed E-state index contributed by atoms with van der Waals surface area (Å²) < 4.78 is 29.8. The highest BCUT2D eigenvalue weighted by atomic mass is 32.2. The minimum absolute atomic E-state index is 0.0627. The molecule has 0 saturated carbocycles. The Labute approximate surface area is 178 Å². The number of hydrogen-bond acceptors (Lipinski definition) is 7. The highest BCUT2D eigenvalue weighted by Gasteiger charge is 2.22. The van der Waals surface area contributed by atoms with Crippen LogP contribution in [0.15, 0.2) is 63.9 Å². The fourth-order valence-electron chi connectivity index (χ4n) is 3.07. The minimum atomic E-state index is -3.72. The van der Waals surface area contributed by atoms with Gasteiger partial charge in [0.2, 0.25) is 5.89 Å². The maximum absolute atomic E-state index is 12.8. The minimum Gasteiger partial charge on any atom is -0.436 e. The largest absolute Gasteiger partial charge is 0.436 e. The standard InChI is InChI=1S/C22H16N4O4S/c1-13-4-3-5-14(10-13)22-26-17-11-15(6-8-18(17)30-22)25-21(27)20-19(31(2,28)29)9-7-16(12-23)24-20/h3-11H,1-2H3,(H,25,27). The van der Waals surface area contributed by atoms with Crippen molar-refractivity contribution in [3.8, 4) is 17.5 Å². The zero-order valence-electron chi connectivity index (χ0n) is 16.6. The van der Waals surface area contributed by atoms with Crippen molar-refractivity contribution in [1.82, 2.24) is 9.97 Å². The van der Waals surface area contributed by atoms with Gasteiger partial charge in [-0.15, -0.1) is 0 Å². The lowest BCUT2D eigenvalue weighted by Crippen LogP contribution is -2.18. The second-order valence-corrected chi connectivity index (χ2v) is 8.94. The third-order valence-electron chi connectivity index (χ3n) is 4.50. The summed E-state index contributed by atoms with van der Waals surface area (Å²) in [4.78, 5) is 20.9. The molecule has 2 aromatic heterocycles. The average molecular weight is 432 g/mol. The SMILES string of the molecule is Cc1cccc(-c2nc3cc(NC(=O)c4nc(C#N)ccc4S(C)(=O)=O)ccc3o2)c1. The Balaban J connectivity index is 1.68. The predicted molar refractivity (Wildman–Crippen MR) is 114 cm³/mol. The molecule has 4 rings (SSSR count). The van der Waals surface area contributed by atoms with Gasteiger partial charge in [-0.1, -0.05) is 17.7 Å². The number of carbonyl (C=O) groups excluding carboxylic acids is 1. The molecule has 1 amide bonds. The quantitative estimate of drug-likeness (QED) is 0.521. The first-order valence-corrected chi connectivity index (χ1v) is 11.0. The van der Waals surface area contributed by atoms with E-state index in [1.807, 2.05) is 31.2 Å². The van der Waals surface area contributed by atoms with Crippen LogP contribution >= 0.6 is 0 Å². The van der Waals surface area contributed by atoms with E-state index in [0.717, 1.165) is 17.4 Å². The van der Waals surface area contributed by atoms with Gasteiger partial charge in [-0.25, -0.2) is 18.4 Å². The van der Waals surface area contributed by atoms with Crippen molar-refractivity contribution in [3.63, 3.8) is 0 Å². The molecule has 1 N–H and O–H groups in total. The molecule has 0 bridgehead atoms. The zero-order valence-corrected chi connectivity index (χ0v) is 17.4. The lowest BCUT2D eigenvalue weighted by atomic mass is 10.1.